The highest BCUT2D eigenvalue weighted by Gasteiger charge is 2.45. The van der Waals surface area contributed by atoms with Crippen molar-refractivity contribution in [3.05, 3.63) is 35.9 Å². The predicted molar refractivity (Wildman–Crippen MR) is 98.7 cm³/mol. The Hall–Kier alpha value is -1.73. The Balaban J connectivity index is 3.19. The molecule has 1 amide bonds. The van der Waals surface area contributed by atoms with Gasteiger partial charge in [-0.2, -0.15) is 0 Å². The van der Waals surface area contributed by atoms with Gasteiger partial charge in [-0.25, -0.2) is 8.42 Å². The number of hydrogen-bond donors (Lipinski definition) is 2. The second-order valence-corrected chi connectivity index (χ2v) is 8.31. The summed E-state index contributed by atoms with van der Waals surface area (Å²) in [6.07, 6.45) is 0.960. The summed E-state index contributed by atoms with van der Waals surface area (Å²) in [6.45, 7) is 3.55. The lowest BCUT2D eigenvalue weighted by Gasteiger charge is -2.27. The zero-order valence-electron chi connectivity index (χ0n) is 15.8. The van der Waals surface area contributed by atoms with Gasteiger partial charge in [-0.15, -0.1) is 0 Å². The molecule has 0 heterocycles. The van der Waals surface area contributed by atoms with Crippen molar-refractivity contribution in [1.82, 2.24) is 0 Å². The van der Waals surface area contributed by atoms with Gasteiger partial charge in [0.05, 0.1) is 11.0 Å². The number of nitrogens with two attached hydrogens (primary N) is 2. The first-order valence-corrected chi connectivity index (χ1v) is 10.1. The third-order valence-corrected chi connectivity index (χ3v) is 6.18. The smallest absolute Gasteiger partial charge is 0.246 e. The number of carbonyl (C=O) groups excluding carboxylic acids is 2. The molecular weight excluding hydrogens is 340 g/mol. The first-order chi connectivity index (χ1) is 12.0. The highest BCUT2D eigenvalue weighted by atomic mass is 32.2. The summed E-state index contributed by atoms with van der Waals surface area (Å²) in [5, 5.41) is -1.79. The van der Waals surface area contributed by atoms with Crippen LogP contribution in [-0.4, -0.2) is 36.6 Å². The number of primary amides is 1. The van der Waals surface area contributed by atoms with Gasteiger partial charge >= 0.3 is 0 Å². The zero-order valence-corrected chi connectivity index (χ0v) is 15.6. The number of carbonyl (C=O) groups is 2. The summed E-state index contributed by atoms with van der Waals surface area (Å²) in [5.74, 6) is -2.92. The molecule has 0 aliphatic rings. The lowest BCUT2D eigenvalue weighted by molar-refractivity contribution is -0.132. The maximum atomic E-state index is 12.9. The lowest BCUT2D eigenvalue weighted by atomic mass is 9.92. The minimum absolute atomic E-state index is 0.102. The SMILES string of the molecule is [2H]C(CCC)(CCC)S(=O)(=O)C[C@](N)(C(N)=O)C(=O)Cc1ccccc1. The van der Waals surface area contributed by atoms with Crippen LogP contribution in [-0.2, 0) is 25.8 Å². The summed E-state index contributed by atoms with van der Waals surface area (Å²) in [4.78, 5) is 24.6. The van der Waals surface area contributed by atoms with Crippen molar-refractivity contribution < 1.29 is 19.4 Å². The van der Waals surface area contributed by atoms with E-state index in [4.69, 9.17) is 12.8 Å². The quantitative estimate of drug-likeness (QED) is 0.571. The molecule has 0 spiro atoms. The number of rotatable bonds is 11. The minimum atomic E-state index is -4.17. The van der Waals surface area contributed by atoms with Crippen molar-refractivity contribution in [3.63, 3.8) is 0 Å². The van der Waals surface area contributed by atoms with Gasteiger partial charge in [0.1, 0.15) is 0 Å². The molecule has 4 N–H and O–H groups in total. The maximum absolute atomic E-state index is 12.9. The van der Waals surface area contributed by atoms with Crippen LogP contribution >= 0.6 is 0 Å². The van der Waals surface area contributed by atoms with E-state index in [0.29, 0.717) is 18.4 Å². The van der Waals surface area contributed by atoms with Gasteiger partial charge in [0.15, 0.2) is 21.2 Å². The Morgan fingerprint density at radius 1 is 1.16 bits per heavy atom. The monoisotopic (exact) mass is 369 g/mol. The molecule has 0 bridgehead atoms. The number of hydrogen-bond acceptors (Lipinski definition) is 5. The van der Waals surface area contributed by atoms with Crippen molar-refractivity contribution >= 4 is 21.5 Å². The molecule has 0 aliphatic heterocycles. The van der Waals surface area contributed by atoms with Crippen molar-refractivity contribution in [2.45, 2.75) is 56.7 Å². The molecule has 0 aromatic heterocycles. The summed E-state index contributed by atoms with van der Waals surface area (Å²) in [6, 6.07) is 8.57. The molecule has 1 aromatic carbocycles. The van der Waals surface area contributed by atoms with Crippen LogP contribution in [0.15, 0.2) is 30.3 Å². The fraction of sp³-hybridized carbons (Fsp3) is 0.556. The van der Waals surface area contributed by atoms with Crippen LogP contribution in [0.4, 0.5) is 0 Å². The van der Waals surface area contributed by atoms with Crippen LogP contribution in [0.5, 0.6) is 0 Å². The summed E-state index contributed by atoms with van der Waals surface area (Å²) in [7, 11) is -4.17. The third kappa shape index (κ3) is 5.64. The van der Waals surface area contributed by atoms with Crippen LogP contribution in [0.3, 0.4) is 0 Å². The molecule has 140 valence electrons. The Morgan fingerprint density at radius 3 is 2.12 bits per heavy atom. The second kappa shape index (κ2) is 9.10. The number of amides is 1. The number of Topliss-reactive ketones (excluding diaryl/α,β-unsaturated/α-hetero) is 1. The number of ketones is 1. The summed E-state index contributed by atoms with van der Waals surface area (Å²) >= 11 is 0. The van der Waals surface area contributed by atoms with Crippen molar-refractivity contribution in [2.24, 2.45) is 11.5 Å². The summed E-state index contributed by atoms with van der Waals surface area (Å²) < 4.78 is 34.2. The Morgan fingerprint density at radius 2 is 1.68 bits per heavy atom. The van der Waals surface area contributed by atoms with Gasteiger partial charge in [-0.05, 0) is 18.4 Å². The molecule has 1 aromatic rings. The molecule has 0 unspecified atom stereocenters. The standard InChI is InChI=1S/C18H28N2O4S/c1-3-8-15(9-4-2)25(23,24)13-18(20,17(19)22)16(21)12-14-10-6-5-7-11-14/h5-7,10-11,15H,3-4,8-9,12-13,20H2,1-2H3,(H2,19,22)/t18-/m1/s1/i15D. The van der Waals surface area contributed by atoms with E-state index in [-0.39, 0.29) is 19.3 Å². The number of benzene rings is 1. The van der Waals surface area contributed by atoms with E-state index in [9.17, 15) is 18.0 Å². The van der Waals surface area contributed by atoms with Crippen molar-refractivity contribution in [1.29, 1.82) is 0 Å². The predicted octanol–water partition coefficient (Wildman–Crippen LogP) is 1.36. The molecule has 0 radical (unpaired) electrons. The van der Waals surface area contributed by atoms with Gasteiger partial charge in [0, 0.05) is 7.79 Å². The van der Waals surface area contributed by atoms with E-state index in [2.05, 4.69) is 0 Å². The van der Waals surface area contributed by atoms with Gasteiger partial charge in [0.2, 0.25) is 5.91 Å². The first-order valence-electron chi connectivity index (χ1n) is 8.90. The molecule has 25 heavy (non-hydrogen) atoms. The Bertz CT molecular complexity index is 731. The molecule has 0 aliphatic carbocycles. The van der Waals surface area contributed by atoms with E-state index in [1.807, 2.05) is 0 Å². The van der Waals surface area contributed by atoms with Crippen molar-refractivity contribution in [3.8, 4) is 0 Å². The first kappa shape index (κ1) is 19.6. The largest absolute Gasteiger partial charge is 0.368 e. The zero-order chi connectivity index (χ0) is 20.0. The second-order valence-electron chi connectivity index (χ2n) is 6.22. The Labute approximate surface area is 151 Å². The van der Waals surface area contributed by atoms with Crippen LogP contribution in [0.2, 0.25) is 0 Å². The highest BCUT2D eigenvalue weighted by Crippen LogP contribution is 2.20. The highest BCUT2D eigenvalue weighted by molar-refractivity contribution is 7.92. The fourth-order valence-corrected chi connectivity index (χ4v) is 4.76. The molecule has 0 saturated heterocycles. The van der Waals surface area contributed by atoms with E-state index in [0.717, 1.165) is 0 Å². The molecule has 0 fully saturated rings. The van der Waals surface area contributed by atoms with Gasteiger partial charge in [0.25, 0.3) is 0 Å². The Kier molecular flexibility index (Phi) is 7.13. The summed E-state index contributed by atoms with van der Waals surface area (Å²) in [5.41, 5.74) is 9.48. The molecule has 0 saturated carbocycles. The average molecular weight is 370 g/mol. The van der Waals surface area contributed by atoms with E-state index < -0.39 is 38.0 Å². The van der Waals surface area contributed by atoms with Gasteiger partial charge in [-0.1, -0.05) is 57.0 Å². The normalized spacial score (nSPS) is 15.2. The van der Waals surface area contributed by atoms with Crippen LogP contribution < -0.4 is 11.5 Å². The van der Waals surface area contributed by atoms with E-state index in [1.54, 1.807) is 44.2 Å². The minimum Gasteiger partial charge on any atom is -0.368 e. The van der Waals surface area contributed by atoms with E-state index in [1.165, 1.54) is 0 Å². The van der Waals surface area contributed by atoms with Gasteiger partial charge in [-0.3, -0.25) is 9.59 Å². The molecule has 1 atom stereocenters. The topological polar surface area (TPSA) is 120 Å². The molecule has 1 rings (SSSR count). The van der Waals surface area contributed by atoms with E-state index >= 15 is 0 Å². The van der Waals surface area contributed by atoms with Gasteiger partial charge < -0.3 is 11.5 Å². The van der Waals surface area contributed by atoms with Crippen LogP contribution in [0.1, 0.15) is 46.5 Å². The van der Waals surface area contributed by atoms with Crippen LogP contribution in [0.25, 0.3) is 0 Å². The maximum Gasteiger partial charge on any atom is 0.246 e. The molecule has 7 heteroatoms. The third-order valence-electron chi connectivity index (χ3n) is 4.06. The molecular formula is C18H28N2O4S. The lowest BCUT2D eigenvalue weighted by Crippen LogP contribution is -2.63. The fourth-order valence-electron chi connectivity index (χ4n) is 2.62. The average Bonchev–Trinajstić information content (AvgIpc) is 2.55. The van der Waals surface area contributed by atoms with Crippen LogP contribution in [0, 0.1) is 0 Å². The van der Waals surface area contributed by atoms with Crippen molar-refractivity contribution in [2.75, 3.05) is 5.75 Å². The molecule has 6 nitrogen and oxygen atoms in total. The number of sulfone groups is 1.